The third-order valence-corrected chi connectivity index (χ3v) is 9.12. The molecule has 1 aromatic heterocycles. The van der Waals surface area contributed by atoms with Crippen LogP contribution in [0.2, 0.25) is 0 Å². The van der Waals surface area contributed by atoms with Crippen LogP contribution in [0.15, 0.2) is 163 Å². The quantitative estimate of drug-likeness (QED) is 0.180. The number of nitrogens with zero attached hydrogens (tertiary/aromatic N) is 1. The molecule has 2 heteroatoms. The molecule has 45 heavy (non-hydrogen) atoms. The van der Waals surface area contributed by atoms with Gasteiger partial charge >= 0.3 is 0 Å². The largest absolute Gasteiger partial charge is 0.359 e. The van der Waals surface area contributed by atoms with E-state index in [1.165, 1.54) is 55.5 Å². The van der Waals surface area contributed by atoms with Gasteiger partial charge in [-0.3, -0.25) is 0 Å². The number of hydrogen-bond acceptors (Lipinski definition) is 1. The highest BCUT2D eigenvalue weighted by molar-refractivity contribution is 6.10. The SMILES string of the molecule is C/C=C\C=C/C(C)C1=C(Nc2ccc(-c3ccccc3)cc2)CC(c2ccc3c(c2)c2ccccc2n3C2=CCCC=C2)C=C1. The van der Waals surface area contributed by atoms with Crippen molar-refractivity contribution in [2.24, 2.45) is 5.92 Å². The summed E-state index contributed by atoms with van der Waals surface area (Å²) < 4.78 is 2.43. The van der Waals surface area contributed by atoms with Crippen molar-refractivity contribution in [2.45, 2.75) is 39.0 Å². The molecule has 1 N–H and O–H groups in total. The average Bonchev–Trinajstić information content (AvgIpc) is 3.43. The predicted octanol–water partition coefficient (Wildman–Crippen LogP) is 11.8. The zero-order valence-electron chi connectivity index (χ0n) is 26.2. The summed E-state index contributed by atoms with van der Waals surface area (Å²) >= 11 is 0. The van der Waals surface area contributed by atoms with E-state index in [-0.39, 0.29) is 5.92 Å². The van der Waals surface area contributed by atoms with Crippen molar-refractivity contribution >= 4 is 33.2 Å². The lowest BCUT2D eigenvalue weighted by Crippen LogP contribution is -2.14. The molecule has 0 fully saturated rings. The molecule has 2 nitrogen and oxygen atoms in total. The first-order valence-corrected chi connectivity index (χ1v) is 16.2. The molecule has 0 amide bonds. The van der Waals surface area contributed by atoms with E-state index in [4.69, 9.17) is 0 Å². The van der Waals surface area contributed by atoms with Gasteiger partial charge in [0.25, 0.3) is 0 Å². The minimum atomic E-state index is 0.284. The number of allylic oxidation sites excluding steroid dienone is 12. The minimum absolute atomic E-state index is 0.284. The van der Waals surface area contributed by atoms with Crippen LogP contribution < -0.4 is 5.32 Å². The molecule has 4 aromatic carbocycles. The number of fused-ring (bicyclic) bond motifs is 3. The van der Waals surface area contributed by atoms with E-state index in [1.54, 1.807) is 0 Å². The van der Waals surface area contributed by atoms with E-state index in [0.29, 0.717) is 5.92 Å². The van der Waals surface area contributed by atoms with Crippen LogP contribution in [0.25, 0.3) is 38.6 Å². The molecule has 5 aromatic rings. The smallest absolute Gasteiger partial charge is 0.0541 e. The van der Waals surface area contributed by atoms with Crippen LogP contribution in [0.1, 0.15) is 44.6 Å². The summed E-state index contributed by atoms with van der Waals surface area (Å²) in [7, 11) is 0. The number of anilines is 1. The van der Waals surface area contributed by atoms with Gasteiger partial charge in [0.2, 0.25) is 0 Å². The van der Waals surface area contributed by atoms with E-state index < -0.39 is 0 Å². The van der Waals surface area contributed by atoms with Crippen molar-refractivity contribution in [3.05, 3.63) is 169 Å². The van der Waals surface area contributed by atoms with Crippen LogP contribution in [-0.4, -0.2) is 4.57 Å². The fourth-order valence-electron chi connectivity index (χ4n) is 6.77. The summed E-state index contributed by atoms with van der Waals surface area (Å²) in [5.74, 6) is 0.577. The standard InChI is InChI=1S/C43H40N2/c1-3-4-7-14-31(2)38-27-23-35(30-41(38)44-36-25-21-33(22-26-36)32-15-8-5-9-16-32)34-24-28-43-40(29-34)39-19-12-13-20-42(39)45(43)37-17-10-6-11-18-37/h3-5,7-10,12-29,31,35,44H,6,11,30H2,1-2H3/b4-3-,14-7-. The minimum Gasteiger partial charge on any atom is -0.359 e. The Morgan fingerprint density at radius 2 is 1.56 bits per heavy atom. The lowest BCUT2D eigenvalue weighted by atomic mass is 9.83. The molecule has 2 aliphatic carbocycles. The second kappa shape index (κ2) is 12.9. The van der Waals surface area contributed by atoms with Crippen LogP contribution in [0.4, 0.5) is 5.69 Å². The van der Waals surface area contributed by atoms with Gasteiger partial charge in [0.15, 0.2) is 0 Å². The summed E-state index contributed by atoms with van der Waals surface area (Å²) in [4.78, 5) is 0. The Morgan fingerprint density at radius 3 is 2.36 bits per heavy atom. The van der Waals surface area contributed by atoms with E-state index >= 15 is 0 Å². The van der Waals surface area contributed by atoms with Crippen molar-refractivity contribution in [3.8, 4) is 11.1 Å². The molecule has 2 unspecified atom stereocenters. The highest BCUT2D eigenvalue weighted by Gasteiger charge is 2.22. The number of aromatic nitrogens is 1. The number of para-hydroxylation sites is 1. The van der Waals surface area contributed by atoms with Crippen LogP contribution in [0.3, 0.4) is 0 Å². The number of benzene rings is 4. The molecule has 222 valence electrons. The average molecular weight is 585 g/mol. The van der Waals surface area contributed by atoms with Crippen LogP contribution in [0.5, 0.6) is 0 Å². The molecule has 2 aliphatic rings. The Kier molecular flexibility index (Phi) is 8.21. The number of rotatable bonds is 8. The van der Waals surface area contributed by atoms with Crippen molar-refractivity contribution in [1.82, 2.24) is 4.57 Å². The Morgan fingerprint density at radius 1 is 0.778 bits per heavy atom. The molecule has 0 saturated carbocycles. The topological polar surface area (TPSA) is 17.0 Å². The molecule has 0 bridgehead atoms. The molecular weight excluding hydrogens is 544 g/mol. The van der Waals surface area contributed by atoms with Gasteiger partial charge in [-0.25, -0.2) is 0 Å². The first-order valence-electron chi connectivity index (χ1n) is 16.2. The fourth-order valence-corrected chi connectivity index (χ4v) is 6.77. The molecule has 2 atom stereocenters. The van der Waals surface area contributed by atoms with Crippen molar-refractivity contribution < 1.29 is 0 Å². The van der Waals surface area contributed by atoms with Gasteiger partial charge in [-0.1, -0.05) is 122 Å². The van der Waals surface area contributed by atoms with E-state index in [9.17, 15) is 0 Å². The second-order valence-electron chi connectivity index (χ2n) is 12.1. The summed E-state index contributed by atoms with van der Waals surface area (Å²) in [6, 6.07) is 35.3. The molecule has 0 aliphatic heterocycles. The normalized spacial score (nSPS) is 17.6. The molecule has 0 radical (unpaired) electrons. The second-order valence-corrected chi connectivity index (χ2v) is 12.1. The van der Waals surface area contributed by atoms with Gasteiger partial charge in [0.1, 0.15) is 0 Å². The van der Waals surface area contributed by atoms with E-state index in [0.717, 1.165) is 24.9 Å². The molecule has 7 rings (SSSR count). The summed E-state index contributed by atoms with van der Waals surface area (Å²) in [5.41, 5.74) is 11.4. The number of hydrogen-bond donors (Lipinski definition) is 1. The Labute approximate surface area is 267 Å². The highest BCUT2D eigenvalue weighted by Crippen LogP contribution is 2.39. The van der Waals surface area contributed by atoms with Gasteiger partial charge in [-0.05, 0) is 84.9 Å². The van der Waals surface area contributed by atoms with Crippen LogP contribution >= 0.6 is 0 Å². The van der Waals surface area contributed by atoms with Crippen molar-refractivity contribution in [2.75, 3.05) is 5.32 Å². The van der Waals surface area contributed by atoms with Crippen molar-refractivity contribution in [3.63, 3.8) is 0 Å². The third-order valence-electron chi connectivity index (χ3n) is 9.12. The Bertz CT molecular complexity index is 2010. The van der Waals surface area contributed by atoms with E-state index in [1.807, 2.05) is 0 Å². The first-order chi connectivity index (χ1) is 22.2. The maximum atomic E-state index is 3.85. The van der Waals surface area contributed by atoms with Gasteiger partial charge in [0.05, 0.1) is 11.0 Å². The van der Waals surface area contributed by atoms with Gasteiger partial charge < -0.3 is 9.88 Å². The summed E-state index contributed by atoms with van der Waals surface area (Å²) in [5, 5.41) is 6.48. The number of nitrogens with one attached hydrogen (secondary N) is 1. The van der Waals surface area contributed by atoms with Crippen LogP contribution in [-0.2, 0) is 0 Å². The highest BCUT2D eigenvalue weighted by atomic mass is 15.0. The van der Waals surface area contributed by atoms with Gasteiger partial charge in [-0.15, -0.1) is 0 Å². The first kappa shape index (κ1) is 28.7. The van der Waals surface area contributed by atoms with Crippen molar-refractivity contribution in [1.29, 1.82) is 0 Å². The zero-order valence-corrected chi connectivity index (χ0v) is 26.2. The molecule has 0 saturated heterocycles. The summed E-state index contributed by atoms with van der Waals surface area (Å²) in [6.45, 7) is 4.35. The maximum Gasteiger partial charge on any atom is 0.0541 e. The monoisotopic (exact) mass is 584 g/mol. The summed E-state index contributed by atoms with van der Waals surface area (Å²) in [6.07, 6.45) is 23.4. The Hall–Kier alpha value is -5.08. The lowest BCUT2D eigenvalue weighted by molar-refractivity contribution is 0.764. The Balaban J connectivity index is 1.23. The van der Waals surface area contributed by atoms with E-state index in [2.05, 4.69) is 175 Å². The van der Waals surface area contributed by atoms with Gasteiger partial charge in [-0.2, -0.15) is 0 Å². The van der Waals surface area contributed by atoms with Gasteiger partial charge in [0, 0.05) is 39.7 Å². The third kappa shape index (κ3) is 5.89. The fraction of sp³-hybridized carbons (Fsp3) is 0.163. The maximum absolute atomic E-state index is 3.85. The van der Waals surface area contributed by atoms with Crippen LogP contribution in [0, 0.1) is 5.92 Å². The zero-order chi connectivity index (χ0) is 30.6. The lowest BCUT2D eigenvalue weighted by Gasteiger charge is -2.26. The molecular formula is C43H40N2. The molecule has 1 heterocycles. The molecule has 0 spiro atoms. The predicted molar refractivity (Wildman–Crippen MR) is 194 cm³/mol.